The van der Waals surface area contributed by atoms with Crippen molar-refractivity contribution in [2.24, 2.45) is 0 Å². The van der Waals surface area contributed by atoms with Crippen LogP contribution in [-0.2, 0) is 21.2 Å². The number of carbonyl (C=O) groups excluding carboxylic acids is 1. The molecule has 3 aromatic rings. The van der Waals surface area contributed by atoms with Crippen LogP contribution in [0.4, 0.5) is 0 Å². The molecule has 0 aliphatic carbocycles. The molecule has 0 unspecified atom stereocenters. The van der Waals surface area contributed by atoms with Crippen LogP contribution in [-0.4, -0.2) is 57.3 Å². The first-order chi connectivity index (χ1) is 18.1. The molecule has 1 atom stereocenters. The third kappa shape index (κ3) is 5.97. The molecule has 2 aromatic carbocycles. The van der Waals surface area contributed by atoms with Crippen molar-refractivity contribution in [3.63, 3.8) is 0 Å². The quantitative estimate of drug-likeness (QED) is 0.276. The minimum Gasteiger partial charge on any atom is -0.465 e. The van der Waals surface area contributed by atoms with Gasteiger partial charge in [-0.15, -0.1) is 11.3 Å². The molecule has 1 N–H and O–H groups in total. The van der Waals surface area contributed by atoms with Crippen molar-refractivity contribution in [1.82, 2.24) is 4.31 Å². The average molecular weight is 572 g/mol. The fourth-order valence-electron chi connectivity index (χ4n) is 5.53. The molecule has 1 saturated heterocycles. The van der Waals surface area contributed by atoms with E-state index in [0.29, 0.717) is 43.5 Å². The Morgan fingerprint density at radius 3 is 2.24 bits per heavy atom. The number of benzene rings is 2. The zero-order chi connectivity index (χ0) is 27.4. The lowest BCUT2D eigenvalue weighted by Gasteiger charge is -2.42. The van der Waals surface area contributed by atoms with Crippen LogP contribution in [0.3, 0.4) is 0 Å². The summed E-state index contributed by atoms with van der Waals surface area (Å²) in [6.07, 6.45) is 3.42. The van der Waals surface area contributed by atoms with Crippen LogP contribution in [0.5, 0.6) is 0 Å². The van der Waals surface area contributed by atoms with Crippen LogP contribution in [0.1, 0.15) is 54.1 Å². The third-order valence-electron chi connectivity index (χ3n) is 7.79. The molecule has 1 aliphatic rings. The van der Waals surface area contributed by atoms with Crippen LogP contribution in [0.15, 0.2) is 72.8 Å². The predicted octanol–water partition coefficient (Wildman–Crippen LogP) is 4.18. The second kappa shape index (κ2) is 11.8. The lowest BCUT2D eigenvalue weighted by atomic mass is 10.0. The van der Waals surface area contributed by atoms with Gasteiger partial charge < -0.3 is 9.53 Å². The van der Waals surface area contributed by atoms with E-state index in [1.807, 2.05) is 66.7 Å². The summed E-state index contributed by atoms with van der Waals surface area (Å²) in [6.45, 7) is 4.71. The van der Waals surface area contributed by atoms with Crippen LogP contribution in [0.2, 0.25) is 5.04 Å². The van der Waals surface area contributed by atoms with Crippen molar-refractivity contribution in [3.05, 3.63) is 82.6 Å². The summed E-state index contributed by atoms with van der Waals surface area (Å²) in [5, 5.41) is 1.51. The highest BCUT2D eigenvalue weighted by Gasteiger charge is 2.50. The van der Waals surface area contributed by atoms with Gasteiger partial charge in [0.25, 0.3) is 8.32 Å². The first-order valence-electron chi connectivity index (χ1n) is 13.1. The summed E-state index contributed by atoms with van der Waals surface area (Å²) in [5.41, 5.74) is 0. The summed E-state index contributed by atoms with van der Waals surface area (Å²) in [4.78, 5) is 25.8. The van der Waals surface area contributed by atoms with E-state index in [9.17, 15) is 18.0 Å². The number of nitrogens with zero attached hydrogens (tertiary/aromatic N) is 1. The summed E-state index contributed by atoms with van der Waals surface area (Å²) in [6, 6.07) is 23.5. The maximum absolute atomic E-state index is 12.9. The van der Waals surface area contributed by atoms with Gasteiger partial charge in [-0.3, -0.25) is 0 Å². The van der Waals surface area contributed by atoms with Gasteiger partial charge >= 0.3 is 5.97 Å². The van der Waals surface area contributed by atoms with Crippen LogP contribution >= 0.6 is 11.3 Å². The molecule has 0 radical (unpaired) electrons. The van der Waals surface area contributed by atoms with Crippen molar-refractivity contribution in [1.29, 1.82) is 0 Å². The molecular weight excluding hydrogens is 535 g/mol. The van der Waals surface area contributed by atoms with E-state index in [2.05, 4.69) is 13.8 Å². The van der Waals surface area contributed by atoms with Gasteiger partial charge in [0.05, 0.1) is 12.9 Å². The van der Waals surface area contributed by atoms with Crippen LogP contribution in [0, 0.1) is 0 Å². The number of methoxy groups -OCH3 is 1. The van der Waals surface area contributed by atoms with Gasteiger partial charge in [0.1, 0.15) is 4.88 Å². The minimum atomic E-state index is -3.30. The predicted molar refractivity (Wildman–Crippen MR) is 156 cm³/mol. The van der Waals surface area contributed by atoms with E-state index >= 15 is 0 Å². The van der Waals surface area contributed by atoms with Gasteiger partial charge in [-0.1, -0.05) is 74.5 Å². The molecule has 38 heavy (non-hydrogen) atoms. The second-order valence-corrected chi connectivity index (χ2v) is 17.7. The molecule has 0 spiro atoms. The standard InChI is InChI=1S/C29H37NO5S2Si/c1-29(2,38(34,25-12-6-4-7-13-25)26-14-8-5-9-15-26)20-18-23-19-22-37(32,33)30(23)21-10-11-24-16-17-27(36-24)28(31)35-3/h4-9,12-17,23,34H,10-11,18-22H2,1-3H3/t23-/m0/s1. The highest BCUT2D eigenvalue weighted by Crippen LogP contribution is 2.41. The molecule has 4 rings (SSSR count). The summed E-state index contributed by atoms with van der Waals surface area (Å²) in [5.74, 6) is -0.177. The molecule has 6 nitrogen and oxygen atoms in total. The summed E-state index contributed by atoms with van der Waals surface area (Å²) >= 11 is 1.40. The first-order valence-corrected chi connectivity index (χ1v) is 17.5. The largest absolute Gasteiger partial charge is 0.465 e. The minimum absolute atomic E-state index is 0.0713. The maximum atomic E-state index is 12.9. The topological polar surface area (TPSA) is 83.9 Å². The Kier molecular flexibility index (Phi) is 8.94. The van der Waals surface area contributed by atoms with E-state index < -0.39 is 23.4 Å². The Hall–Kier alpha value is -2.30. The molecule has 204 valence electrons. The molecule has 1 aliphatic heterocycles. The fraction of sp³-hybridized carbons (Fsp3) is 0.414. The number of esters is 1. The number of thiophene rings is 1. The van der Waals surface area contributed by atoms with E-state index in [1.165, 1.54) is 18.4 Å². The normalized spacial score (nSPS) is 17.9. The number of sulfonamides is 1. The number of rotatable bonds is 11. The van der Waals surface area contributed by atoms with Gasteiger partial charge in [-0.05, 0) is 59.6 Å². The lowest BCUT2D eigenvalue weighted by molar-refractivity contribution is 0.0606. The average Bonchev–Trinajstić information content (AvgIpc) is 3.51. The summed E-state index contributed by atoms with van der Waals surface area (Å²) in [7, 11) is -5.08. The third-order valence-corrected chi connectivity index (χ3v) is 15.4. The van der Waals surface area contributed by atoms with Crippen molar-refractivity contribution in [2.45, 2.75) is 57.0 Å². The van der Waals surface area contributed by atoms with Crippen molar-refractivity contribution < 1.29 is 22.7 Å². The molecule has 0 amide bonds. The van der Waals surface area contributed by atoms with Crippen molar-refractivity contribution in [3.8, 4) is 0 Å². The molecule has 9 heteroatoms. The Morgan fingerprint density at radius 2 is 1.66 bits per heavy atom. The van der Waals surface area contributed by atoms with Gasteiger partial charge in [0.2, 0.25) is 10.0 Å². The highest BCUT2D eigenvalue weighted by atomic mass is 32.2. The molecular formula is C29H37NO5S2Si. The van der Waals surface area contributed by atoms with Crippen LogP contribution in [0.25, 0.3) is 0 Å². The van der Waals surface area contributed by atoms with E-state index in [4.69, 9.17) is 4.74 Å². The van der Waals surface area contributed by atoms with Crippen molar-refractivity contribution >= 4 is 46.0 Å². The Labute approximate surface area is 231 Å². The van der Waals surface area contributed by atoms with Gasteiger partial charge in [0, 0.05) is 17.5 Å². The molecule has 0 saturated carbocycles. The van der Waals surface area contributed by atoms with Crippen LogP contribution < -0.4 is 10.4 Å². The number of aryl methyl sites for hydroxylation is 1. The number of hydrogen-bond donors (Lipinski definition) is 1. The van der Waals surface area contributed by atoms with Crippen molar-refractivity contribution in [2.75, 3.05) is 19.4 Å². The van der Waals surface area contributed by atoms with E-state index in [0.717, 1.165) is 15.3 Å². The number of carbonyl (C=O) groups is 1. The van der Waals surface area contributed by atoms with Gasteiger partial charge in [-0.25, -0.2) is 13.2 Å². The van der Waals surface area contributed by atoms with E-state index in [1.54, 1.807) is 10.4 Å². The highest BCUT2D eigenvalue weighted by molar-refractivity contribution is 7.89. The molecule has 0 bridgehead atoms. The molecule has 2 heterocycles. The molecule has 1 aromatic heterocycles. The monoisotopic (exact) mass is 571 g/mol. The smallest absolute Gasteiger partial charge is 0.348 e. The fourth-order valence-corrected chi connectivity index (χ4v) is 12.1. The molecule has 1 fully saturated rings. The maximum Gasteiger partial charge on any atom is 0.348 e. The Morgan fingerprint density at radius 1 is 1.05 bits per heavy atom. The Bertz CT molecular complexity index is 1290. The lowest BCUT2D eigenvalue weighted by Crippen LogP contribution is -2.65. The summed E-state index contributed by atoms with van der Waals surface area (Å²) < 4.78 is 32.3. The zero-order valence-corrected chi connectivity index (χ0v) is 24.9. The Balaban J connectivity index is 1.46. The van der Waals surface area contributed by atoms with Gasteiger partial charge in [0.15, 0.2) is 0 Å². The zero-order valence-electron chi connectivity index (χ0n) is 22.3. The number of hydrogen-bond acceptors (Lipinski definition) is 6. The second-order valence-electron chi connectivity index (χ2n) is 10.6. The SMILES string of the molecule is COC(=O)c1ccc(CCCN2[C@@H](CCC(C)(C)[Si](O)(c3ccccc3)c3ccccc3)CCS2(=O)=O)s1. The van der Waals surface area contributed by atoms with E-state index in [-0.39, 0.29) is 17.8 Å². The number of ether oxygens (including phenoxy) is 1. The first kappa shape index (κ1) is 28.7. The van der Waals surface area contributed by atoms with Gasteiger partial charge in [-0.2, -0.15) is 4.31 Å².